The van der Waals surface area contributed by atoms with Gasteiger partial charge in [0.2, 0.25) is 0 Å². The number of hydrogen-bond donors (Lipinski definition) is 0. The quantitative estimate of drug-likeness (QED) is 0.746. The molecule has 3 rings (SSSR count). The number of hydrogen-bond acceptors (Lipinski definition) is 5. The average molecular weight is 245 g/mol. The summed E-state index contributed by atoms with van der Waals surface area (Å²) >= 11 is 0. The average Bonchev–Trinajstić information content (AvgIpc) is 2.88. The summed E-state index contributed by atoms with van der Waals surface area (Å²) in [6.45, 7) is 3.09. The van der Waals surface area contributed by atoms with E-state index in [-0.39, 0.29) is 5.79 Å². The van der Waals surface area contributed by atoms with Gasteiger partial charge >= 0.3 is 0 Å². The van der Waals surface area contributed by atoms with Crippen LogP contribution in [0, 0.1) is 11.3 Å². The largest absolute Gasteiger partial charge is 0.356 e. The van der Waals surface area contributed by atoms with Gasteiger partial charge < -0.3 is 14.4 Å². The molecule has 0 saturated carbocycles. The molecule has 0 radical (unpaired) electrons. The molecular formula is C13H15N3O2. The molecule has 0 aliphatic carbocycles. The van der Waals surface area contributed by atoms with Gasteiger partial charge in [-0.15, -0.1) is 0 Å². The molecule has 0 N–H and O–H groups in total. The maximum Gasteiger partial charge on any atom is 0.171 e. The molecule has 2 saturated heterocycles. The summed E-state index contributed by atoms with van der Waals surface area (Å²) in [6.07, 6.45) is 1.71. The van der Waals surface area contributed by atoms with Crippen LogP contribution >= 0.6 is 0 Å². The van der Waals surface area contributed by atoms with Crippen molar-refractivity contribution in [3.63, 3.8) is 0 Å². The third-order valence-electron chi connectivity index (χ3n) is 3.51. The minimum absolute atomic E-state index is 0.358. The summed E-state index contributed by atoms with van der Waals surface area (Å²) in [5, 5.41) is 8.86. The van der Waals surface area contributed by atoms with E-state index < -0.39 is 0 Å². The maximum atomic E-state index is 8.86. The molecule has 18 heavy (non-hydrogen) atoms. The number of nitrogens with zero attached hydrogens (tertiary/aromatic N) is 3. The van der Waals surface area contributed by atoms with Crippen molar-refractivity contribution in [3.8, 4) is 6.07 Å². The molecule has 0 aromatic carbocycles. The second-order valence-electron chi connectivity index (χ2n) is 4.59. The molecule has 0 amide bonds. The SMILES string of the molecule is N#Cc1cccc(N2CCC3(CC2)OCCO3)n1. The van der Waals surface area contributed by atoms with Gasteiger partial charge in [-0.3, -0.25) is 0 Å². The molecule has 0 atom stereocenters. The second kappa shape index (κ2) is 4.56. The topological polar surface area (TPSA) is 58.4 Å². The van der Waals surface area contributed by atoms with Crippen LogP contribution in [0.1, 0.15) is 18.5 Å². The lowest BCUT2D eigenvalue weighted by Crippen LogP contribution is -2.45. The van der Waals surface area contributed by atoms with Crippen molar-refractivity contribution in [1.82, 2.24) is 4.98 Å². The molecule has 94 valence electrons. The van der Waals surface area contributed by atoms with Gasteiger partial charge in [-0.1, -0.05) is 6.07 Å². The second-order valence-corrected chi connectivity index (χ2v) is 4.59. The molecule has 2 aliphatic rings. The molecule has 1 aromatic heterocycles. The van der Waals surface area contributed by atoms with Crippen LogP contribution in [0.2, 0.25) is 0 Å². The van der Waals surface area contributed by atoms with Crippen LogP contribution < -0.4 is 4.90 Å². The number of anilines is 1. The molecule has 5 nitrogen and oxygen atoms in total. The third-order valence-corrected chi connectivity index (χ3v) is 3.51. The van der Waals surface area contributed by atoms with Gasteiger partial charge in [0.1, 0.15) is 17.6 Å². The number of rotatable bonds is 1. The Bertz CT molecular complexity index is 467. The van der Waals surface area contributed by atoms with Crippen LogP contribution in [-0.2, 0) is 9.47 Å². The number of pyridine rings is 1. The molecule has 1 spiro atoms. The van der Waals surface area contributed by atoms with Gasteiger partial charge in [0, 0.05) is 25.9 Å². The van der Waals surface area contributed by atoms with E-state index in [1.165, 1.54) is 0 Å². The van der Waals surface area contributed by atoms with Crippen molar-refractivity contribution in [3.05, 3.63) is 23.9 Å². The first-order valence-electron chi connectivity index (χ1n) is 6.21. The van der Waals surface area contributed by atoms with Crippen LogP contribution in [0.3, 0.4) is 0 Å². The number of aromatic nitrogens is 1. The molecule has 5 heteroatoms. The number of piperidine rings is 1. The zero-order valence-corrected chi connectivity index (χ0v) is 10.1. The lowest BCUT2D eigenvalue weighted by molar-refractivity contribution is -0.169. The van der Waals surface area contributed by atoms with Crippen LogP contribution in [0.25, 0.3) is 0 Å². The Morgan fingerprint density at radius 1 is 1.22 bits per heavy atom. The molecular weight excluding hydrogens is 230 g/mol. The lowest BCUT2D eigenvalue weighted by Gasteiger charge is -2.38. The fraction of sp³-hybridized carbons (Fsp3) is 0.538. The first-order chi connectivity index (χ1) is 8.81. The predicted octanol–water partition coefficient (Wildman–Crippen LogP) is 1.30. The Hall–Kier alpha value is -1.64. The standard InChI is InChI=1S/C13H15N3O2/c14-10-11-2-1-3-12(15-11)16-6-4-13(5-7-16)17-8-9-18-13/h1-3H,4-9H2. The van der Waals surface area contributed by atoms with Crippen molar-refractivity contribution in [2.45, 2.75) is 18.6 Å². The number of nitriles is 1. The normalized spacial score (nSPS) is 22.1. The summed E-state index contributed by atoms with van der Waals surface area (Å²) in [5.74, 6) is 0.505. The molecule has 0 unspecified atom stereocenters. The Morgan fingerprint density at radius 2 is 1.94 bits per heavy atom. The smallest absolute Gasteiger partial charge is 0.171 e. The van der Waals surface area contributed by atoms with Gasteiger partial charge in [-0.2, -0.15) is 5.26 Å². The monoisotopic (exact) mass is 245 g/mol. The van der Waals surface area contributed by atoms with E-state index in [0.717, 1.165) is 31.7 Å². The van der Waals surface area contributed by atoms with Gasteiger partial charge in [0.25, 0.3) is 0 Å². The van der Waals surface area contributed by atoms with Crippen molar-refractivity contribution in [1.29, 1.82) is 5.26 Å². The Labute approximate surface area is 106 Å². The first-order valence-corrected chi connectivity index (χ1v) is 6.21. The van der Waals surface area contributed by atoms with E-state index in [1.807, 2.05) is 12.1 Å². The third kappa shape index (κ3) is 2.05. The summed E-state index contributed by atoms with van der Waals surface area (Å²) in [4.78, 5) is 6.49. The van der Waals surface area contributed by atoms with E-state index in [0.29, 0.717) is 18.9 Å². The summed E-state index contributed by atoms with van der Waals surface area (Å²) in [7, 11) is 0. The summed E-state index contributed by atoms with van der Waals surface area (Å²) in [5.41, 5.74) is 0.459. The maximum absolute atomic E-state index is 8.86. The van der Waals surface area contributed by atoms with E-state index >= 15 is 0 Å². The van der Waals surface area contributed by atoms with Gasteiger partial charge in [0.05, 0.1) is 13.2 Å². The minimum Gasteiger partial charge on any atom is -0.356 e. The van der Waals surface area contributed by atoms with Crippen LogP contribution in [0.15, 0.2) is 18.2 Å². The highest BCUT2D eigenvalue weighted by atomic mass is 16.7. The van der Waals surface area contributed by atoms with Crippen molar-refractivity contribution < 1.29 is 9.47 Å². The van der Waals surface area contributed by atoms with Crippen LogP contribution in [-0.4, -0.2) is 37.1 Å². The van der Waals surface area contributed by atoms with E-state index in [2.05, 4.69) is 16.0 Å². The molecule has 3 heterocycles. The van der Waals surface area contributed by atoms with Crippen LogP contribution in [0.5, 0.6) is 0 Å². The van der Waals surface area contributed by atoms with Gasteiger partial charge in [-0.25, -0.2) is 4.98 Å². The highest BCUT2D eigenvalue weighted by Gasteiger charge is 2.39. The minimum atomic E-state index is -0.358. The Balaban J connectivity index is 1.70. The summed E-state index contributed by atoms with van der Waals surface area (Å²) < 4.78 is 11.4. The zero-order valence-electron chi connectivity index (χ0n) is 10.1. The van der Waals surface area contributed by atoms with Gasteiger partial charge in [0.15, 0.2) is 5.79 Å². The number of ether oxygens (including phenoxy) is 2. The molecule has 0 bridgehead atoms. The first kappa shape index (κ1) is 11.5. The zero-order chi connectivity index (χ0) is 12.4. The Kier molecular flexibility index (Phi) is 2.90. The molecule has 2 fully saturated rings. The highest BCUT2D eigenvalue weighted by molar-refractivity contribution is 5.42. The Morgan fingerprint density at radius 3 is 2.61 bits per heavy atom. The fourth-order valence-electron chi connectivity index (χ4n) is 2.52. The van der Waals surface area contributed by atoms with Crippen molar-refractivity contribution >= 4 is 5.82 Å². The lowest BCUT2D eigenvalue weighted by atomic mass is 10.0. The van der Waals surface area contributed by atoms with Crippen molar-refractivity contribution in [2.75, 3.05) is 31.2 Å². The molecule has 2 aliphatic heterocycles. The molecule has 1 aromatic rings. The van der Waals surface area contributed by atoms with Gasteiger partial charge in [-0.05, 0) is 12.1 Å². The summed E-state index contributed by atoms with van der Waals surface area (Å²) in [6, 6.07) is 7.60. The van der Waals surface area contributed by atoms with Crippen molar-refractivity contribution in [2.24, 2.45) is 0 Å². The van der Waals surface area contributed by atoms with Crippen LogP contribution in [0.4, 0.5) is 5.82 Å². The van der Waals surface area contributed by atoms with E-state index in [4.69, 9.17) is 14.7 Å². The van der Waals surface area contributed by atoms with E-state index in [9.17, 15) is 0 Å². The highest BCUT2D eigenvalue weighted by Crippen LogP contribution is 2.32. The fourth-order valence-corrected chi connectivity index (χ4v) is 2.52. The van der Waals surface area contributed by atoms with E-state index in [1.54, 1.807) is 6.07 Å². The predicted molar refractivity (Wildman–Crippen MR) is 65.0 cm³/mol.